The van der Waals surface area contributed by atoms with Gasteiger partial charge in [-0.25, -0.2) is 0 Å². The lowest BCUT2D eigenvalue weighted by molar-refractivity contribution is -0.132. The molecule has 0 fully saturated rings. The normalized spacial score (nSPS) is 11.9. The molecule has 0 unspecified atom stereocenters. The molecule has 0 aliphatic carbocycles. The number of halogens is 1. The van der Waals surface area contributed by atoms with Gasteiger partial charge in [0, 0.05) is 24.9 Å². The van der Waals surface area contributed by atoms with Gasteiger partial charge in [-0.15, -0.1) is 0 Å². The summed E-state index contributed by atoms with van der Waals surface area (Å²) >= 11 is 5.82. The molecule has 0 heterocycles. The van der Waals surface area contributed by atoms with Crippen molar-refractivity contribution in [1.82, 2.24) is 0 Å². The summed E-state index contributed by atoms with van der Waals surface area (Å²) in [5.74, 6) is 0. The van der Waals surface area contributed by atoms with Crippen LogP contribution in [0.2, 0.25) is 5.02 Å². The Morgan fingerprint density at radius 1 is 1.12 bits per heavy atom. The average Bonchev–Trinajstić information content (AvgIpc) is 2.22. The second-order valence-corrected chi connectivity index (χ2v) is 4.59. The van der Waals surface area contributed by atoms with E-state index in [-0.39, 0.29) is 11.8 Å². The monoisotopic (exact) mass is 243 g/mol. The van der Waals surface area contributed by atoms with Gasteiger partial charge in [0.25, 0.3) is 0 Å². The van der Waals surface area contributed by atoms with Crippen LogP contribution in [-0.2, 0) is 9.47 Å². The lowest BCUT2D eigenvalue weighted by Crippen LogP contribution is -2.45. The van der Waals surface area contributed by atoms with Gasteiger partial charge in [-0.05, 0) is 38.1 Å². The highest BCUT2D eigenvalue weighted by Gasteiger charge is 2.29. The van der Waals surface area contributed by atoms with Gasteiger partial charge in [0.15, 0.2) is 6.29 Å². The number of benzene rings is 1. The molecule has 16 heavy (non-hydrogen) atoms. The Morgan fingerprint density at radius 3 is 2.06 bits per heavy atom. The van der Waals surface area contributed by atoms with Crippen LogP contribution in [0.5, 0.6) is 0 Å². The van der Waals surface area contributed by atoms with E-state index in [0.717, 1.165) is 10.7 Å². The molecule has 3 nitrogen and oxygen atoms in total. The predicted molar refractivity (Wildman–Crippen MR) is 67.0 cm³/mol. The van der Waals surface area contributed by atoms with Crippen LogP contribution in [0, 0.1) is 0 Å². The fourth-order valence-corrected chi connectivity index (χ4v) is 1.78. The van der Waals surface area contributed by atoms with E-state index in [2.05, 4.69) is 5.32 Å². The SMILES string of the molecule is COC(OC)C(C)(C)Nc1ccc(Cl)cc1. The number of nitrogens with one attached hydrogen (secondary N) is 1. The summed E-state index contributed by atoms with van der Waals surface area (Å²) in [7, 11) is 3.25. The molecule has 0 amide bonds. The number of ether oxygens (including phenoxy) is 2. The van der Waals surface area contributed by atoms with Gasteiger partial charge in [0.1, 0.15) is 0 Å². The summed E-state index contributed by atoms with van der Waals surface area (Å²) in [5, 5.41) is 4.06. The standard InChI is InChI=1S/C12H18ClNO2/c1-12(2,11(15-3)16-4)14-10-7-5-9(13)6-8-10/h5-8,11,14H,1-4H3. The molecule has 0 bridgehead atoms. The third-order valence-corrected chi connectivity index (χ3v) is 2.58. The fourth-order valence-electron chi connectivity index (χ4n) is 1.65. The minimum absolute atomic E-state index is 0.317. The van der Waals surface area contributed by atoms with E-state index in [4.69, 9.17) is 21.1 Å². The Kier molecular flexibility index (Phi) is 4.59. The van der Waals surface area contributed by atoms with Crippen molar-refractivity contribution in [3.8, 4) is 0 Å². The quantitative estimate of drug-likeness (QED) is 0.806. The van der Waals surface area contributed by atoms with E-state index in [1.807, 2.05) is 38.1 Å². The third-order valence-electron chi connectivity index (χ3n) is 2.33. The largest absolute Gasteiger partial charge is 0.375 e. The summed E-state index contributed by atoms with van der Waals surface area (Å²) in [5.41, 5.74) is 0.658. The van der Waals surface area contributed by atoms with Crippen molar-refractivity contribution in [1.29, 1.82) is 0 Å². The molecule has 1 aromatic rings. The van der Waals surface area contributed by atoms with Gasteiger partial charge < -0.3 is 14.8 Å². The summed E-state index contributed by atoms with van der Waals surface area (Å²) in [6.45, 7) is 4.03. The van der Waals surface area contributed by atoms with Crippen molar-refractivity contribution in [2.24, 2.45) is 0 Å². The van der Waals surface area contributed by atoms with Crippen LogP contribution in [0.15, 0.2) is 24.3 Å². The maximum absolute atomic E-state index is 5.82. The number of hydrogen-bond donors (Lipinski definition) is 1. The molecule has 1 aromatic carbocycles. The average molecular weight is 244 g/mol. The minimum atomic E-state index is -0.322. The Morgan fingerprint density at radius 2 is 1.62 bits per heavy atom. The number of methoxy groups -OCH3 is 2. The van der Waals surface area contributed by atoms with Gasteiger partial charge in [-0.3, -0.25) is 0 Å². The lowest BCUT2D eigenvalue weighted by atomic mass is 10.0. The molecule has 0 aliphatic rings. The summed E-state index contributed by atoms with van der Waals surface area (Å²) in [6, 6.07) is 7.53. The van der Waals surface area contributed by atoms with E-state index >= 15 is 0 Å². The number of rotatable bonds is 5. The first kappa shape index (κ1) is 13.3. The summed E-state index contributed by atoms with van der Waals surface area (Å²) < 4.78 is 10.5. The first-order valence-corrected chi connectivity index (χ1v) is 5.46. The lowest BCUT2D eigenvalue weighted by Gasteiger charge is -2.33. The Hall–Kier alpha value is -0.770. The van der Waals surface area contributed by atoms with Gasteiger partial charge in [-0.2, -0.15) is 0 Å². The second kappa shape index (κ2) is 5.53. The van der Waals surface area contributed by atoms with Crippen LogP contribution < -0.4 is 5.32 Å². The smallest absolute Gasteiger partial charge is 0.179 e. The maximum Gasteiger partial charge on any atom is 0.179 e. The molecule has 0 radical (unpaired) electrons. The molecule has 0 atom stereocenters. The van der Waals surface area contributed by atoms with Crippen LogP contribution in [0.25, 0.3) is 0 Å². The van der Waals surface area contributed by atoms with Crippen LogP contribution in [-0.4, -0.2) is 26.0 Å². The first-order valence-electron chi connectivity index (χ1n) is 5.09. The van der Waals surface area contributed by atoms with Crippen molar-refractivity contribution in [3.63, 3.8) is 0 Å². The van der Waals surface area contributed by atoms with Gasteiger partial charge >= 0.3 is 0 Å². The molecule has 90 valence electrons. The Labute approximate surface area is 102 Å². The molecule has 4 heteroatoms. The van der Waals surface area contributed by atoms with Crippen molar-refractivity contribution in [2.45, 2.75) is 25.7 Å². The van der Waals surface area contributed by atoms with E-state index in [0.29, 0.717) is 0 Å². The molecule has 0 aromatic heterocycles. The van der Waals surface area contributed by atoms with Crippen LogP contribution in [0.4, 0.5) is 5.69 Å². The molecule has 0 aliphatic heterocycles. The van der Waals surface area contributed by atoms with Crippen LogP contribution in [0.3, 0.4) is 0 Å². The molecule has 0 spiro atoms. The predicted octanol–water partition coefficient (Wildman–Crippen LogP) is 3.15. The fraction of sp³-hybridized carbons (Fsp3) is 0.500. The summed E-state index contributed by atoms with van der Waals surface area (Å²) in [6.07, 6.45) is -0.317. The molecular formula is C12H18ClNO2. The zero-order valence-electron chi connectivity index (χ0n) is 10.1. The topological polar surface area (TPSA) is 30.5 Å². The number of anilines is 1. The highest BCUT2D eigenvalue weighted by atomic mass is 35.5. The molecule has 0 saturated carbocycles. The Bertz CT molecular complexity index is 320. The van der Waals surface area contributed by atoms with E-state index in [1.165, 1.54) is 0 Å². The van der Waals surface area contributed by atoms with E-state index < -0.39 is 0 Å². The van der Waals surface area contributed by atoms with Crippen molar-refractivity contribution in [2.75, 3.05) is 19.5 Å². The van der Waals surface area contributed by atoms with Gasteiger partial charge in [0.2, 0.25) is 0 Å². The van der Waals surface area contributed by atoms with Crippen molar-refractivity contribution >= 4 is 17.3 Å². The molecule has 1 N–H and O–H groups in total. The Balaban J connectivity index is 2.75. The second-order valence-electron chi connectivity index (χ2n) is 4.16. The van der Waals surface area contributed by atoms with E-state index in [1.54, 1.807) is 14.2 Å². The molecule has 0 saturated heterocycles. The number of hydrogen-bond acceptors (Lipinski definition) is 3. The van der Waals surface area contributed by atoms with Gasteiger partial charge in [-0.1, -0.05) is 11.6 Å². The highest BCUT2D eigenvalue weighted by molar-refractivity contribution is 6.30. The highest BCUT2D eigenvalue weighted by Crippen LogP contribution is 2.21. The van der Waals surface area contributed by atoms with Crippen LogP contribution >= 0.6 is 11.6 Å². The van der Waals surface area contributed by atoms with Crippen molar-refractivity contribution in [3.05, 3.63) is 29.3 Å². The van der Waals surface area contributed by atoms with Crippen molar-refractivity contribution < 1.29 is 9.47 Å². The zero-order chi connectivity index (χ0) is 12.2. The minimum Gasteiger partial charge on any atom is -0.375 e. The summed E-state index contributed by atoms with van der Waals surface area (Å²) in [4.78, 5) is 0. The molecule has 1 rings (SSSR count). The zero-order valence-corrected chi connectivity index (χ0v) is 10.8. The third kappa shape index (κ3) is 3.37. The molecular weight excluding hydrogens is 226 g/mol. The van der Waals surface area contributed by atoms with Gasteiger partial charge in [0.05, 0.1) is 5.54 Å². The van der Waals surface area contributed by atoms with E-state index in [9.17, 15) is 0 Å². The first-order chi connectivity index (χ1) is 7.49. The maximum atomic E-state index is 5.82. The van der Waals surface area contributed by atoms with Crippen LogP contribution in [0.1, 0.15) is 13.8 Å².